The van der Waals surface area contributed by atoms with Gasteiger partial charge in [-0.1, -0.05) is 6.07 Å². The van der Waals surface area contributed by atoms with Crippen molar-refractivity contribution in [2.24, 2.45) is 0 Å². The molecule has 14 heavy (non-hydrogen) atoms. The van der Waals surface area contributed by atoms with Crippen molar-refractivity contribution in [3.8, 4) is 11.1 Å². The summed E-state index contributed by atoms with van der Waals surface area (Å²) in [5, 5.41) is 0. The summed E-state index contributed by atoms with van der Waals surface area (Å²) in [4.78, 5) is 7.94. The third-order valence-corrected chi connectivity index (χ3v) is 1.99. The molecule has 70 valence electrons. The summed E-state index contributed by atoms with van der Waals surface area (Å²) in [6.45, 7) is 2.02. The van der Waals surface area contributed by atoms with Crippen LogP contribution in [0.3, 0.4) is 0 Å². The molecular weight excluding hydrogens is 174 g/mol. The van der Waals surface area contributed by atoms with Crippen molar-refractivity contribution in [2.45, 2.75) is 6.92 Å². The van der Waals surface area contributed by atoms with Crippen LogP contribution in [0.15, 0.2) is 36.9 Å². The third kappa shape index (κ3) is 1.71. The molecule has 1 aromatic carbocycles. The molecule has 3 heteroatoms. The van der Waals surface area contributed by atoms with E-state index in [0.717, 1.165) is 22.4 Å². The second kappa shape index (κ2) is 3.46. The Morgan fingerprint density at radius 1 is 1.00 bits per heavy atom. The number of aryl methyl sites for hydroxylation is 1. The van der Waals surface area contributed by atoms with Gasteiger partial charge in [-0.2, -0.15) is 0 Å². The first-order valence-electron chi connectivity index (χ1n) is 4.38. The topological polar surface area (TPSA) is 51.8 Å². The number of nitrogens with zero attached hydrogens (tertiary/aromatic N) is 2. The summed E-state index contributed by atoms with van der Waals surface area (Å²) in [5.74, 6) is 0. The average molecular weight is 185 g/mol. The standard InChI is InChI=1S/C11H11N3/c1-8-2-9(4-11(12)3-8)10-5-13-7-14-6-10/h2-7H,12H2,1H3. The molecule has 0 aliphatic heterocycles. The molecule has 0 bridgehead atoms. The van der Waals surface area contributed by atoms with Crippen molar-refractivity contribution < 1.29 is 0 Å². The van der Waals surface area contributed by atoms with Crippen LogP contribution in [-0.2, 0) is 0 Å². The lowest BCUT2D eigenvalue weighted by Crippen LogP contribution is -1.88. The van der Waals surface area contributed by atoms with Crippen LogP contribution in [0.4, 0.5) is 5.69 Å². The molecule has 2 N–H and O–H groups in total. The van der Waals surface area contributed by atoms with E-state index in [9.17, 15) is 0 Å². The lowest BCUT2D eigenvalue weighted by atomic mass is 10.1. The zero-order valence-corrected chi connectivity index (χ0v) is 7.94. The normalized spacial score (nSPS) is 10.1. The molecule has 0 saturated carbocycles. The summed E-state index contributed by atoms with van der Waals surface area (Å²) in [6.07, 6.45) is 5.07. The number of nitrogen functional groups attached to an aromatic ring is 1. The highest BCUT2D eigenvalue weighted by molar-refractivity contribution is 5.66. The van der Waals surface area contributed by atoms with Gasteiger partial charge in [-0.15, -0.1) is 0 Å². The fourth-order valence-corrected chi connectivity index (χ4v) is 1.43. The highest BCUT2D eigenvalue weighted by Gasteiger charge is 1.99. The average Bonchev–Trinajstić information content (AvgIpc) is 2.18. The molecule has 0 atom stereocenters. The largest absolute Gasteiger partial charge is 0.399 e. The Morgan fingerprint density at radius 3 is 2.36 bits per heavy atom. The van der Waals surface area contributed by atoms with Crippen LogP contribution in [0.25, 0.3) is 11.1 Å². The molecule has 0 radical (unpaired) electrons. The maximum atomic E-state index is 5.76. The summed E-state index contributed by atoms with van der Waals surface area (Å²) in [5.41, 5.74) is 9.71. The van der Waals surface area contributed by atoms with Crippen LogP contribution in [-0.4, -0.2) is 9.97 Å². The SMILES string of the molecule is Cc1cc(N)cc(-c2cncnc2)c1. The van der Waals surface area contributed by atoms with Gasteiger partial charge in [-0.25, -0.2) is 9.97 Å². The van der Waals surface area contributed by atoms with Crippen LogP contribution in [0.5, 0.6) is 0 Å². The summed E-state index contributed by atoms with van der Waals surface area (Å²) in [6, 6.07) is 5.92. The van der Waals surface area contributed by atoms with Gasteiger partial charge < -0.3 is 5.73 Å². The summed E-state index contributed by atoms with van der Waals surface area (Å²) in [7, 11) is 0. The van der Waals surface area contributed by atoms with Crippen molar-refractivity contribution >= 4 is 5.69 Å². The van der Waals surface area contributed by atoms with E-state index in [2.05, 4.69) is 16.0 Å². The van der Waals surface area contributed by atoms with Gasteiger partial charge in [0.15, 0.2) is 0 Å². The van der Waals surface area contributed by atoms with Crippen molar-refractivity contribution in [3.05, 3.63) is 42.5 Å². The quantitative estimate of drug-likeness (QED) is 0.691. The van der Waals surface area contributed by atoms with E-state index in [1.54, 1.807) is 12.4 Å². The number of hydrogen-bond acceptors (Lipinski definition) is 3. The fraction of sp³-hybridized carbons (Fsp3) is 0.0909. The predicted molar refractivity (Wildman–Crippen MR) is 56.6 cm³/mol. The van der Waals surface area contributed by atoms with Crippen molar-refractivity contribution in [1.82, 2.24) is 9.97 Å². The number of rotatable bonds is 1. The van der Waals surface area contributed by atoms with Gasteiger partial charge in [-0.3, -0.25) is 0 Å². The molecular formula is C11H11N3. The molecule has 2 rings (SSSR count). The second-order valence-electron chi connectivity index (χ2n) is 3.26. The molecule has 0 spiro atoms. The first-order valence-corrected chi connectivity index (χ1v) is 4.38. The highest BCUT2D eigenvalue weighted by atomic mass is 14.8. The third-order valence-electron chi connectivity index (χ3n) is 1.99. The van der Waals surface area contributed by atoms with E-state index >= 15 is 0 Å². The van der Waals surface area contributed by atoms with E-state index in [0.29, 0.717) is 0 Å². The van der Waals surface area contributed by atoms with Crippen LogP contribution < -0.4 is 5.73 Å². The minimum Gasteiger partial charge on any atom is -0.399 e. The predicted octanol–water partition coefficient (Wildman–Crippen LogP) is 2.03. The van der Waals surface area contributed by atoms with Crippen molar-refractivity contribution in [1.29, 1.82) is 0 Å². The number of anilines is 1. The Bertz CT molecular complexity index is 417. The molecule has 0 fully saturated rings. The van der Waals surface area contributed by atoms with E-state index in [1.807, 2.05) is 19.1 Å². The van der Waals surface area contributed by atoms with Crippen LogP contribution in [0, 0.1) is 6.92 Å². The van der Waals surface area contributed by atoms with Crippen molar-refractivity contribution in [2.75, 3.05) is 5.73 Å². The minimum absolute atomic E-state index is 0.767. The van der Waals surface area contributed by atoms with E-state index in [1.165, 1.54) is 6.33 Å². The molecule has 2 aromatic rings. The summed E-state index contributed by atoms with van der Waals surface area (Å²) < 4.78 is 0. The second-order valence-corrected chi connectivity index (χ2v) is 3.26. The maximum absolute atomic E-state index is 5.76. The van der Waals surface area contributed by atoms with Gasteiger partial charge in [0.25, 0.3) is 0 Å². The molecule has 0 aliphatic rings. The smallest absolute Gasteiger partial charge is 0.115 e. The molecule has 1 aromatic heterocycles. The molecule has 0 unspecified atom stereocenters. The Morgan fingerprint density at radius 2 is 1.71 bits per heavy atom. The van der Waals surface area contributed by atoms with E-state index < -0.39 is 0 Å². The highest BCUT2D eigenvalue weighted by Crippen LogP contribution is 2.21. The van der Waals surface area contributed by atoms with Gasteiger partial charge in [0.05, 0.1) is 0 Å². The molecule has 1 heterocycles. The first kappa shape index (κ1) is 8.69. The van der Waals surface area contributed by atoms with Gasteiger partial charge in [0.2, 0.25) is 0 Å². The zero-order valence-electron chi connectivity index (χ0n) is 7.94. The molecule has 0 saturated heterocycles. The monoisotopic (exact) mass is 185 g/mol. The number of benzene rings is 1. The molecule has 0 aliphatic carbocycles. The number of nitrogens with two attached hydrogens (primary N) is 1. The van der Waals surface area contributed by atoms with Crippen molar-refractivity contribution in [3.63, 3.8) is 0 Å². The lowest BCUT2D eigenvalue weighted by molar-refractivity contribution is 1.17. The maximum Gasteiger partial charge on any atom is 0.115 e. The van der Waals surface area contributed by atoms with Crippen LogP contribution in [0.1, 0.15) is 5.56 Å². The van der Waals surface area contributed by atoms with Crippen LogP contribution >= 0.6 is 0 Å². The van der Waals surface area contributed by atoms with Gasteiger partial charge in [-0.05, 0) is 30.2 Å². The summed E-state index contributed by atoms with van der Waals surface area (Å²) >= 11 is 0. The van der Waals surface area contributed by atoms with Gasteiger partial charge in [0, 0.05) is 23.6 Å². The number of hydrogen-bond donors (Lipinski definition) is 1. The lowest BCUT2D eigenvalue weighted by Gasteiger charge is -2.03. The first-order chi connectivity index (χ1) is 6.75. The molecule has 0 amide bonds. The number of aromatic nitrogens is 2. The van der Waals surface area contributed by atoms with Gasteiger partial charge in [0.1, 0.15) is 6.33 Å². The minimum atomic E-state index is 0.767. The zero-order chi connectivity index (χ0) is 9.97. The van der Waals surface area contributed by atoms with Gasteiger partial charge >= 0.3 is 0 Å². The Labute approximate surface area is 82.6 Å². The van der Waals surface area contributed by atoms with Crippen LogP contribution in [0.2, 0.25) is 0 Å². The Balaban J connectivity index is 2.52. The molecule has 3 nitrogen and oxygen atoms in total. The Hall–Kier alpha value is -1.90. The van der Waals surface area contributed by atoms with E-state index in [4.69, 9.17) is 5.73 Å². The fourth-order valence-electron chi connectivity index (χ4n) is 1.43. The van der Waals surface area contributed by atoms with E-state index in [-0.39, 0.29) is 0 Å². The Kier molecular flexibility index (Phi) is 2.14.